The van der Waals surface area contributed by atoms with Gasteiger partial charge < -0.3 is 10.6 Å². The Morgan fingerprint density at radius 3 is 2.50 bits per heavy atom. The summed E-state index contributed by atoms with van der Waals surface area (Å²) in [6.07, 6.45) is -2.11. The lowest BCUT2D eigenvalue weighted by Crippen LogP contribution is -2.54. The van der Waals surface area contributed by atoms with E-state index in [9.17, 15) is 22.8 Å². The number of hydrogen-bond donors (Lipinski definition) is 2. The third kappa shape index (κ3) is 5.08. The van der Waals surface area contributed by atoms with E-state index in [1.807, 2.05) is 4.90 Å². The number of alkyl halides is 3. The van der Waals surface area contributed by atoms with Crippen LogP contribution >= 0.6 is 0 Å². The normalized spacial score (nSPS) is 21.1. The molecule has 0 bridgehead atoms. The summed E-state index contributed by atoms with van der Waals surface area (Å²) in [7, 11) is 1.53. The van der Waals surface area contributed by atoms with Crippen LogP contribution in [-0.4, -0.2) is 42.4 Å². The van der Waals surface area contributed by atoms with Gasteiger partial charge in [-0.1, -0.05) is 18.7 Å². The van der Waals surface area contributed by atoms with E-state index in [0.717, 1.165) is 12.1 Å². The average molecular weight is 369 g/mol. The molecular formula is C18H22F3N3O2. The van der Waals surface area contributed by atoms with E-state index in [4.69, 9.17) is 0 Å². The number of halogens is 3. The molecule has 1 aliphatic heterocycles. The molecule has 1 aliphatic rings. The van der Waals surface area contributed by atoms with Crippen LogP contribution in [-0.2, 0) is 22.3 Å². The molecule has 1 fully saturated rings. The fourth-order valence-electron chi connectivity index (χ4n) is 3.07. The van der Waals surface area contributed by atoms with E-state index >= 15 is 0 Å². The monoisotopic (exact) mass is 369 g/mol. The maximum atomic E-state index is 12.7. The van der Waals surface area contributed by atoms with Gasteiger partial charge in [-0.3, -0.25) is 14.5 Å². The second-order valence-electron chi connectivity index (χ2n) is 6.23. The van der Waals surface area contributed by atoms with Gasteiger partial charge in [0.15, 0.2) is 0 Å². The van der Waals surface area contributed by atoms with Crippen LogP contribution in [0.15, 0.2) is 36.9 Å². The summed E-state index contributed by atoms with van der Waals surface area (Å²) in [6.45, 7) is 4.31. The highest BCUT2D eigenvalue weighted by molar-refractivity contribution is 5.87. The first-order valence-electron chi connectivity index (χ1n) is 8.29. The third-order valence-electron chi connectivity index (χ3n) is 4.46. The molecule has 5 nitrogen and oxygen atoms in total. The van der Waals surface area contributed by atoms with Crippen molar-refractivity contribution < 1.29 is 22.8 Å². The molecule has 0 unspecified atom stereocenters. The van der Waals surface area contributed by atoms with Crippen molar-refractivity contribution in [2.24, 2.45) is 0 Å². The van der Waals surface area contributed by atoms with Crippen LogP contribution in [0.2, 0.25) is 0 Å². The van der Waals surface area contributed by atoms with Crippen LogP contribution < -0.4 is 10.6 Å². The highest BCUT2D eigenvalue weighted by Crippen LogP contribution is 2.29. The minimum atomic E-state index is -4.37. The smallest absolute Gasteiger partial charge is 0.358 e. The minimum absolute atomic E-state index is 0.147. The van der Waals surface area contributed by atoms with Crippen LogP contribution in [0, 0.1) is 0 Å². The van der Waals surface area contributed by atoms with E-state index < -0.39 is 17.8 Å². The average Bonchev–Trinajstić information content (AvgIpc) is 2.61. The molecule has 0 spiro atoms. The lowest BCUT2D eigenvalue weighted by molar-refractivity contribution is -0.137. The van der Waals surface area contributed by atoms with Gasteiger partial charge in [0.2, 0.25) is 11.8 Å². The van der Waals surface area contributed by atoms with Crippen LogP contribution in [0.4, 0.5) is 13.2 Å². The molecule has 0 aromatic heterocycles. The Hall–Kier alpha value is -2.35. The molecule has 0 radical (unpaired) electrons. The van der Waals surface area contributed by atoms with Crippen molar-refractivity contribution in [3.05, 3.63) is 48.0 Å². The lowest BCUT2D eigenvalue weighted by Gasteiger charge is -2.38. The molecule has 26 heavy (non-hydrogen) atoms. The third-order valence-corrected chi connectivity index (χ3v) is 4.46. The Kier molecular flexibility index (Phi) is 6.42. The molecule has 2 rings (SSSR count). The SMILES string of the molecule is C=CC(=O)N[C@H]1CCN(Cc2ccc(C(F)(F)F)cc2)[C@@H](C(=O)NC)C1. The quantitative estimate of drug-likeness (QED) is 0.782. The van der Waals surface area contributed by atoms with E-state index in [1.165, 1.54) is 25.3 Å². The summed E-state index contributed by atoms with van der Waals surface area (Å²) >= 11 is 0. The largest absolute Gasteiger partial charge is 0.416 e. The predicted molar refractivity (Wildman–Crippen MR) is 91.1 cm³/mol. The molecule has 2 atom stereocenters. The second kappa shape index (κ2) is 8.35. The van der Waals surface area contributed by atoms with Crippen LogP contribution in [0.3, 0.4) is 0 Å². The number of amides is 2. The summed E-state index contributed by atoms with van der Waals surface area (Å²) in [4.78, 5) is 25.6. The molecule has 2 N–H and O–H groups in total. The molecule has 0 aliphatic carbocycles. The number of carbonyl (C=O) groups is 2. The van der Waals surface area contributed by atoms with Crippen LogP contribution in [0.5, 0.6) is 0 Å². The van der Waals surface area contributed by atoms with E-state index in [-0.39, 0.29) is 17.9 Å². The molecule has 1 aromatic carbocycles. The number of likely N-dealkylation sites (tertiary alicyclic amines) is 1. The first kappa shape index (κ1) is 20.0. The van der Waals surface area contributed by atoms with Crippen LogP contribution in [0.25, 0.3) is 0 Å². The molecule has 2 amide bonds. The van der Waals surface area contributed by atoms with Gasteiger partial charge in [0, 0.05) is 26.2 Å². The van der Waals surface area contributed by atoms with Gasteiger partial charge in [-0.2, -0.15) is 13.2 Å². The molecule has 0 saturated carbocycles. The molecule has 1 heterocycles. The Labute approximate surface area is 150 Å². The van der Waals surface area contributed by atoms with E-state index in [0.29, 0.717) is 31.5 Å². The Balaban J connectivity index is 2.08. The van der Waals surface area contributed by atoms with Crippen molar-refractivity contribution in [3.63, 3.8) is 0 Å². The highest BCUT2D eigenvalue weighted by Gasteiger charge is 2.34. The number of hydrogen-bond acceptors (Lipinski definition) is 3. The number of rotatable bonds is 5. The lowest BCUT2D eigenvalue weighted by atomic mass is 9.95. The molecule has 8 heteroatoms. The summed E-state index contributed by atoms with van der Waals surface area (Å²) < 4.78 is 38.0. The van der Waals surface area contributed by atoms with Gasteiger partial charge in [0.25, 0.3) is 0 Å². The Morgan fingerprint density at radius 2 is 1.96 bits per heavy atom. The topological polar surface area (TPSA) is 61.4 Å². The molecular weight excluding hydrogens is 347 g/mol. The number of piperidine rings is 1. The van der Waals surface area contributed by atoms with Crippen molar-refractivity contribution in [1.29, 1.82) is 0 Å². The van der Waals surface area contributed by atoms with Gasteiger partial charge in [-0.15, -0.1) is 0 Å². The van der Waals surface area contributed by atoms with Crippen molar-refractivity contribution in [3.8, 4) is 0 Å². The van der Waals surface area contributed by atoms with Gasteiger partial charge in [-0.25, -0.2) is 0 Å². The second-order valence-corrected chi connectivity index (χ2v) is 6.23. The summed E-state index contributed by atoms with van der Waals surface area (Å²) in [6, 6.07) is 4.32. The Morgan fingerprint density at radius 1 is 1.31 bits per heavy atom. The number of carbonyl (C=O) groups excluding carboxylic acids is 2. The number of likely N-dealkylation sites (N-methyl/N-ethyl adjacent to an activating group) is 1. The number of benzene rings is 1. The number of nitrogens with one attached hydrogen (secondary N) is 2. The van der Waals surface area contributed by atoms with Gasteiger partial charge >= 0.3 is 6.18 Å². The molecule has 142 valence electrons. The zero-order valence-electron chi connectivity index (χ0n) is 14.5. The van der Waals surface area contributed by atoms with E-state index in [2.05, 4.69) is 17.2 Å². The first-order chi connectivity index (χ1) is 12.2. The zero-order chi connectivity index (χ0) is 19.3. The Bertz CT molecular complexity index is 659. The molecule has 1 aromatic rings. The minimum Gasteiger partial charge on any atom is -0.358 e. The zero-order valence-corrected chi connectivity index (χ0v) is 14.5. The van der Waals surface area contributed by atoms with Crippen molar-refractivity contribution >= 4 is 11.8 Å². The number of nitrogens with zero attached hydrogens (tertiary/aromatic N) is 1. The summed E-state index contributed by atoms with van der Waals surface area (Å²) in [5, 5.41) is 5.40. The standard InChI is InChI=1S/C18H22F3N3O2/c1-3-16(25)23-14-8-9-24(15(10-14)17(26)22-2)11-12-4-6-13(7-5-12)18(19,20)21/h3-7,14-15H,1,8-11H2,2H3,(H,22,26)(H,23,25)/t14-,15+/m0/s1. The fraction of sp³-hybridized carbons (Fsp3) is 0.444. The summed E-state index contributed by atoms with van der Waals surface area (Å²) in [5.41, 5.74) is -0.00423. The van der Waals surface area contributed by atoms with Gasteiger partial charge in [-0.05, 0) is 36.6 Å². The van der Waals surface area contributed by atoms with Gasteiger partial charge in [0.1, 0.15) is 0 Å². The molecule has 1 saturated heterocycles. The van der Waals surface area contributed by atoms with Crippen molar-refractivity contribution in [2.75, 3.05) is 13.6 Å². The fourth-order valence-corrected chi connectivity index (χ4v) is 3.07. The maximum absolute atomic E-state index is 12.7. The van der Waals surface area contributed by atoms with Crippen molar-refractivity contribution in [2.45, 2.75) is 37.6 Å². The highest BCUT2D eigenvalue weighted by atomic mass is 19.4. The van der Waals surface area contributed by atoms with E-state index in [1.54, 1.807) is 0 Å². The summed E-state index contributed by atoms with van der Waals surface area (Å²) in [5.74, 6) is -0.476. The van der Waals surface area contributed by atoms with Crippen LogP contribution in [0.1, 0.15) is 24.0 Å². The first-order valence-corrected chi connectivity index (χ1v) is 8.29. The van der Waals surface area contributed by atoms with Crippen molar-refractivity contribution in [1.82, 2.24) is 15.5 Å². The predicted octanol–water partition coefficient (Wildman–Crippen LogP) is 2.09. The van der Waals surface area contributed by atoms with Gasteiger partial charge in [0.05, 0.1) is 11.6 Å². The maximum Gasteiger partial charge on any atom is 0.416 e.